The largest absolute Gasteiger partial charge is 0.462 e. The Morgan fingerprint density at radius 3 is 1.96 bits per heavy atom. The summed E-state index contributed by atoms with van der Waals surface area (Å²) in [4.78, 5) is 84.6. The number of ketones is 5. The maximum absolute atomic E-state index is 13.1. The number of rotatable bonds is 29. The maximum atomic E-state index is 13.1. The fourth-order valence-corrected chi connectivity index (χ4v) is 5.09. The van der Waals surface area contributed by atoms with E-state index in [1.165, 1.54) is 18.7 Å². The van der Waals surface area contributed by atoms with E-state index in [4.69, 9.17) is 19.9 Å². The van der Waals surface area contributed by atoms with Crippen LogP contribution < -0.4 is 5.73 Å². The van der Waals surface area contributed by atoms with Gasteiger partial charge in [-0.3, -0.25) is 28.8 Å². The minimum Gasteiger partial charge on any atom is -0.462 e. The second-order valence-corrected chi connectivity index (χ2v) is 11.8. The minimum absolute atomic E-state index is 0.00775. The molecule has 4 atom stereocenters. The Morgan fingerprint density at radius 2 is 1.38 bits per heavy atom. The van der Waals surface area contributed by atoms with Gasteiger partial charge in [-0.15, -0.1) is 0 Å². The van der Waals surface area contributed by atoms with E-state index in [0.29, 0.717) is 6.42 Å². The molecular formula is C31H51NO12S. The molecule has 0 rings (SSSR count). The normalized spacial score (nSPS) is 13.7. The molecule has 0 aromatic heterocycles. The van der Waals surface area contributed by atoms with Crippen LogP contribution in [0, 0.1) is 11.8 Å². The Labute approximate surface area is 269 Å². The topological polar surface area (TPSA) is 214 Å². The fraction of sp³-hybridized carbons (Fsp3) is 0.774. The van der Waals surface area contributed by atoms with Crippen molar-refractivity contribution in [1.29, 1.82) is 0 Å². The zero-order valence-electron chi connectivity index (χ0n) is 26.8. The number of Topliss-reactive ketones (excluding diaryl/α,β-unsaturated/α-hetero) is 5. The third-order valence-electron chi connectivity index (χ3n) is 6.81. The lowest BCUT2D eigenvalue weighted by Gasteiger charge is -2.21. The molecule has 0 amide bonds. The van der Waals surface area contributed by atoms with Crippen molar-refractivity contribution in [1.82, 2.24) is 0 Å². The average Bonchev–Trinajstić information content (AvgIpc) is 3.01. The molecule has 14 heteroatoms. The zero-order chi connectivity index (χ0) is 34.2. The lowest BCUT2D eigenvalue weighted by Crippen LogP contribution is -2.37. The fourth-order valence-electron chi connectivity index (χ4n) is 4.09. The van der Waals surface area contributed by atoms with Gasteiger partial charge in [0.05, 0.1) is 6.04 Å². The van der Waals surface area contributed by atoms with Crippen molar-refractivity contribution in [3.63, 3.8) is 0 Å². The smallest absolute Gasteiger partial charge is 0.305 e. The van der Waals surface area contributed by atoms with Gasteiger partial charge < -0.3 is 35.0 Å². The van der Waals surface area contributed by atoms with Crippen LogP contribution in [0.4, 0.5) is 0 Å². The van der Waals surface area contributed by atoms with Crippen molar-refractivity contribution in [2.75, 3.05) is 44.5 Å². The molecule has 0 aromatic rings. The molecule has 0 spiro atoms. The van der Waals surface area contributed by atoms with E-state index in [-0.39, 0.29) is 125 Å². The third-order valence-corrected chi connectivity index (χ3v) is 8.01. The van der Waals surface area contributed by atoms with Crippen molar-refractivity contribution >= 4 is 52.6 Å². The molecule has 0 heterocycles. The van der Waals surface area contributed by atoms with E-state index in [9.17, 15) is 43.8 Å². The van der Waals surface area contributed by atoms with Crippen LogP contribution in [0.15, 0.2) is 0 Å². The summed E-state index contributed by atoms with van der Waals surface area (Å²) < 4.78 is 15.6. The highest BCUT2D eigenvalue weighted by Crippen LogP contribution is 2.21. The Kier molecular flexibility index (Phi) is 24.2. The Hall–Kier alpha value is -2.52. The van der Waals surface area contributed by atoms with Gasteiger partial charge in [-0.05, 0) is 26.2 Å². The van der Waals surface area contributed by atoms with Crippen LogP contribution in [-0.4, -0.2) is 108 Å². The van der Waals surface area contributed by atoms with Crippen LogP contribution >= 0.6 is 11.8 Å². The second kappa shape index (κ2) is 25.6. The lowest BCUT2D eigenvalue weighted by atomic mass is 9.84. The number of nitrogens with two attached hydrogens (primary N) is 1. The molecule has 4 N–H and O–H groups in total. The number of ether oxygens (including phenoxy) is 3. The van der Waals surface area contributed by atoms with Crippen LogP contribution in [0.5, 0.6) is 0 Å². The van der Waals surface area contributed by atoms with Gasteiger partial charge in [-0.2, -0.15) is 11.8 Å². The summed E-state index contributed by atoms with van der Waals surface area (Å²) in [7, 11) is 0. The van der Waals surface area contributed by atoms with E-state index in [0.717, 1.165) is 0 Å². The number of aliphatic hydroxyl groups excluding tert-OH is 2. The van der Waals surface area contributed by atoms with E-state index in [1.54, 1.807) is 13.8 Å². The lowest BCUT2D eigenvalue weighted by molar-refractivity contribution is -0.157. The Bertz CT molecular complexity index is 957. The summed E-state index contributed by atoms with van der Waals surface area (Å²) in [5.41, 5.74) is 6.07. The maximum Gasteiger partial charge on any atom is 0.305 e. The number of carbonyl (C=O) groups excluding carboxylic acids is 7. The highest BCUT2D eigenvalue weighted by molar-refractivity contribution is 7.99. The molecule has 0 aliphatic heterocycles. The van der Waals surface area contributed by atoms with Crippen molar-refractivity contribution in [3.05, 3.63) is 0 Å². The summed E-state index contributed by atoms with van der Waals surface area (Å²) in [6.45, 7) is 3.87. The van der Waals surface area contributed by atoms with E-state index >= 15 is 0 Å². The van der Waals surface area contributed by atoms with Crippen LogP contribution in [0.2, 0.25) is 0 Å². The number of carbonyl (C=O) groups is 7. The highest BCUT2D eigenvalue weighted by Gasteiger charge is 2.29. The summed E-state index contributed by atoms with van der Waals surface area (Å²) >= 11 is 1.23. The third kappa shape index (κ3) is 21.0. The molecule has 45 heavy (non-hydrogen) atoms. The van der Waals surface area contributed by atoms with Crippen molar-refractivity contribution in [2.24, 2.45) is 17.6 Å². The molecule has 0 fully saturated rings. The van der Waals surface area contributed by atoms with Gasteiger partial charge in [0, 0.05) is 88.1 Å². The Morgan fingerprint density at radius 1 is 0.778 bits per heavy atom. The van der Waals surface area contributed by atoms with Crippen LogP contribution in [0.1, 0.15) is 85.0 Å². The van der Waals surface area contributed by atoms with Gasteiger partial charge in [0.2, 0.25) is 0 Å². The minimum atomic E-state index is -0.950. The Balaban J connectivity index is 4.90. The first-order valence-corrected chi connectivity index (χ1v) is 16.6. The van der Waals surface area contributed by atoms with E-state index in [1.807, 2.05) is 0 Å². The number of hydrogen-bond donors (Lipinski definition) is 3. The molecule has 0 aliphatic rings. The van der Waals surface area contributed by atoms with Crippen LogP contribution in [0.25, 0.3) is 0 Å². The SMILES string of the molecule is CCC(=O)OCC(CSCC(N)C(=O)CC(CCO)C(=O)CC(CCO)C(=O)CCCOCC(=O)CCC(C)=O)OC(=O)CC. The molecule has 0 aromatic carbocycles. The van der Waals surface area contributed by atoms with Gasteiger partial charge in [0.25, 0.3) is 0 Å². The summed E-state index contributed by atoms with van der Waals surface area (Å²) in [6.07, 6.45) is -0.127. The molecule has 0 aliphatic carbocycles. The highest BCUT2D eigenvalue weighted by atomic mass is 32.2. The first kappa shape index (κ1) is 42.5. The van der Waals surface area contributed by atoms with E-state index in [2.05, 4.69) is 0 Å². The first-order valence-electron chi connectivity index (χ1n) is 15.4. The monoisotopic (exact) mass is 661 g/mol. The second-order valence-electron chi connectivity index (χ2n) is 10.8. The molecule has 0 radical (unpaired) electrons. The summed E-state index contributed by atoms with van der Waals surface area (Å²) in [6, 6.07) is -0.950. The van der Waals surface area contributed by atoms with Gasteiger partial charge >= 0.3 is 11.9 Å². The number of aliphatic hydroxyl groups is 2. The van der Waals surface area contributed by atoms with Gasteiger partial charge in [-0.1, -0.05) is 13.8 Å². The summed E-state index contributed by atoms with van der Waals surface area (Å²) in [5.74, 6) is -3.49. The molecular weight excluding hydrogens is 610 g/mol. The van der Waals surface area contributed by atoms with Crippen LogP contribution in [0.3, 0.4) is 0 Å². The molecule has 0 bridgehead atoms. The number of hydrogen-bond acceptors (Lipinski definition) is 14. The van der Waals surface area contributed by atoms with E-state index < -0.39 is 41.7 Å². The van der Waals surface area contributed by atoms with Gasteiger partial charge in [-0.25, -0.2) is 0 Å². The predicted octanol–water partition coefficient (Wildman–Crippen LogP) is 1.54. The zero-order valence-corrected chi connectivity index (χ0v) is 27.6. The van der Waals surface area contributed by atoms with Crippen molar-refractivity contribution < 1.29 is 58.0 Å². The van der Waals surface area contributed by atoms with Crippen molar-refractivity contribution in [2.45, 2.75) is 97.1 Å². The molecule has 0 saturated carbocycles. The quantitative estimate of drug-likeness (QED) is 0.0766. The number of esters is 2. The van der Waals surface area contributed by atoms with Gasteiger partial charge in [0.15, 0.2) is 11.6 Å². The number of thioether (sulfide) groups is 1. The molecule has 4 unspecified atom stereocenters. The molecule has 0 saturated heterocycles. The summed E-state index contributed by atoms with van der Waals surface area (Å²) in [5, 5.41) is 19.0. The first-order chi connectivity index (χ1) is 21.4. The molecule has 13 nitrogen and oxygen atoms in total. The predicted molar refractivity (Wildman–Crippen MR) is 166 cm³/mol. The average molecular weight is 662 g/mol. The molecule has 258 valence electrons. The van der Waals surface area contributed by atoms with Crippen molar-refractivity contribution in [3.8, 4) is 0 Å². The van der Waals surface area contributed by atoms with Crippen LogP contribution in [-0.2, 0) is 47.8 Å². The van der Waals surface area contributed by atoms with Gasteiger partial charge in [0.1, 0.15) is 36.7 Å². The standard InChI is InChI=1S/C31H51NO12S/c1-4-30(40)43-18-25(44-31(41)5-2)19-45-20-26(32)29(39)16-23(11-13-34)28(38)15-22(10-12-33)27(37)7-6-14-42-17-24(36)9-8-21(3)35/h22-23,25-26,33-34H,4-20,32H2,1-3H3.